The van der Waals surface area contributed by atoms with E-state index in [1.165, 1.54) is 10.9 Å². The van der Waals surface area contributed by atoms with Crippen LogP contribution in [0.4, 0.5) is 10.2 Å². The highest BCUT2D eigenvalue weighted by atomic mass is 32.1. The molecule has 13 heteroatoms. The highest BCUT2D eigenvalue weighted by molar-refractivity contribution is 7.08. The summed E-state index contributed by atoms with van der Waals surface area (Å²) in [5, 5.41) is 9.48. The molecule has 2 fully saturated rings. The molecule has 2 aliphatic heterocycles. The number of halogens is 1. The number of carboxylic acid groups (broad SMARTS) is 1. The Balaban J connectivity index is 1.50. The quantitative estimate of drug-likeness (QED) is 0.598. The van der Waals surface area contributed by atoms with Gasteiger partial charge in [0.25, 0.3) is 0 Å². The Kier molecular flexibility index (Phi) is 5.06. The third kappa shape index (κ3) is 3.39. The molecule has 3 aromatic heterocycles. The molecular formula is C19H17FN6O5S. The number of anilines is 1. The van der Waals surface area contributed by atoms with Crippen molar-refractivity contribution >= 4 is 40.3 Å². The van der Waals surface area contributed by atoms with Gasteiger partial charge < -0.3 is 19.6 Å². The van der Waals surface area contributed by atoms with Crippen LogP contribution in [0.1, 0.15) is 16.8 Å². The molecular weight excluding hydrogens is 443 g/mol. The van der Waals surface area contributed by atoms with Crippen LogP contribution in [0.2, 0.25) is 0 Å². The van der Waals surface area contributed by atoms with Gasteiger partial charge in [0.1, 0.15) is 18.6 Å². The van der Waals surface area contributed by atoms with Crippen LogP contribution in [0.5, 0.6) is 0 Å². The highest BCUT2D eigenvalue weighted by Gasteiger charge is 2.38. The van der Waals surface area contributed by atoms with Crippen molar-refractivity contribution in [3.63, 3.8) is 0 Å². The SMILES string of the molecule is O=C(O)c1cn(-c2ncns2)c2nc(N3CC(C(=O)N4CCCOC4)C3)c(F)cc2c1=O. The van der Waals surface area contributed by atoms with Crippen molar-refractivity contribution in [2.24, 2.45) is 5.92 Å². The first-order valence-corrected chi connectivity index (χ1v) is 10.6. The second-order valence-corrected chi connectivity index (χ2v) is 8.29. The minimum absolute atomic E-state index is 0.0165. The smallest absolute Gasteiger partial charge is 0.341 e. The Morgan fingerprint density at radius 2 is 2.12 bits per heavy atom. The molecule has 2 saturated heterocycles. The summed E-state index contributed by atoms with van der Waals surface area (Å²) in [5.74, 6) is -2.57. The summed E-state index contributed by atoms with van der Waals surface area (Å²) < 4.78 is 25.5. The zero-order valence-corrected chi connectivity index (χ0v) is 17.4. The van der Waals surface area contributed by atoms with E-state index in [-0.39, 0.29) is 53.6 Å². The molecule has 166 valence electrons. The Hall–Kier alpha value is -3.45. The zero-order chi connectivity index (χ0) is 22.4. The summed E-state index contributed by atoms with van der Waals surface area (Å²) in [7, 11) is 0. The Morgan fingerprint density at radius 1 is 1.31 bits per heavy atom. The number of rotatable bonds is 4. The van der Waals surface area contributed by atoms with Crippen LogP contribution in [0.25, 0.3) is 16.2 Å². The monoisotopic (exact) mass is 460 g/mol. The molecule has 5 rings (SSSR count). The van der Waals surface area contributed by atoms with E-state index in [2.05, 4.69) is 14.3 Å². The van der Waals surface area contributed by atoms with E-state index in [9.17, 15) is 23.9 Å². The number of carbonyl (C=O) groups is 2. The molecule has 2 aliphatic rings. The number of carbonyl (C=O) groups excluding carboxylic acids is 1. The first kappa shape index (κ1) is 20.5. The Labute approximate surface area is 183 Å². The molecule has 0 radical (unpaired) electrons. The number of carboxylic acids is 1. The standard InChI is InChI=1S/C19H17FN6O5S/c20-13-4-11-14(27)12(18(29)30)7-26(19-21-8-22-32-19)15(11)23-16(13)25-5-10(6-25)17(28)24-2-1-3-31-9-24/h4,7-8,10H,1-3,5-6,9H2,(H,29,30). The van der Waals surface area contributed by atoms with Gasteiger partial charge >= 0.3 is 5.97 Å². The first-order chi connectivity index (χ1) is 15.4. The summed E-state index contributed by atoms with van der Waals surface area (Å²) in [4.78, 5) is 48.4. The van der Waals surface area contributed by atoms with E-state index in [1.807, 2.05) is 0 Å². The van der Waals surface area contributed by atoms with Gasteiger partial charge in [-0.25, -0.2) is 19.2 Å². The molecule has 3 aromatic rings. The number of nitrogens with zero attached hydrogens (tertiary/aromatic N) is 6. The number of ether oxygens (including phenoxy) is 1. The molecule has 0 atom stereocenters. The van der Waals surface area contributed by atoms with Gasteiger partial charge in [-0.05, 0) is 12.5 Å². The molecule has 0 aliphatic carbocycles. The molecule has 1 N–H and O–H groups in total. The number of aromatic carboxylic acids is 1. The molecule has 0 bridgehead atoms. The van der Waals surface area contributed by atoms with Crippen LogP contribution in [-0.4, -0.2) is 73.8 Å². The second-order valence-electron chi connectivity index (χ2n) is 7.53. The largest absolute Gasteiger partial charge is 0.477 e. The van der Waals surface area contributed by atoms with Crippen molar-refractivity contribution in [3.8, 4) is 5.13 Å². The van der Waals surface area contributed by atoms with Crippen LogP contribution in [0.3, 0.4) is 0 Å². The average molecular weight is 460 g/mol. The van der Waals surface area contributed by atoms with Crippen molar-refractivity contribution in [1.29, 1.82) is 0 Å². The number of hydrogen-bond donors (Lipinski definition) is 1. The van der Waals surface area contributed by atoms with Crippen molar-refractivity contribution in [3.05, 3.63) is 40.2 Å². The predicted molar refractivity (Wildman–Crippen MR) is 111 cm³/mol. The van der Waals surface area contributed by atoms with Crippen molar-refractivity contribution in [2.45, 2.75) is 6.42 Å². The summed E-state index contributed by atoms with van der Waals surface area (Å²) in [6.07, 6.45) is 3.18. The van der Waals surface area contributed by atoms with E-state index < -0.39 is 22.8 Å². The Morgan fingerprint density at radius 3 is 2.78 bits per heavy atom. The van der Waals surface area contributed by atoms with Gasteiger partial charge in [-0.3, -0.25) is 14.2 Å². The second kappa shape index (κ2) is 7.91. The third-order valence-electron chi connectivity index (χ3n) is 5.51. The molecule has 0 unspecified atom stereocenters. The fraction of sp³-hybridized carbons (Fsp3) is 0.368. The predicted octanol–water partition coefficient (Wildman–Crippen LogP) is 0.717. The molecule has 0 aromatic carbocycles. The minimum Gasteiger partial charge on any atom is -0.477 e. The van der Waals surface area contributed by atoms with Gasteiger partial charge in [0, 0.05) is 37.4 Å². The molecule has 5 heterocycles. The summed E-state index contributed by atoms with van der Waals surface area (Å²) >= 11 is 0.973. The van der Waals surface area contributed by atoms with E-state index in [1.54, 1.807) is 9.80 Å². The van der Waals surface area contributed by atoms with Crippen molar-refractivity contribution in [1.82, 2.24) is 23.8 Å². The zero-order valence-electron chi connectivity index (χ0n) is 16.6. The molecule has 1 amide bonds. The van der Waals surface area contributed by atoms with Gasteiger partial charge in [-0.1, -0.05) is 0 Å². The van der Waals surface area contributed by atoms with Crippen LogP contribution in [0.15, 0.2) is 23.4 Å². The number of pyridine rings is 2. The maximum absolute atomic E-state index is 14.9. The summed E-state index contributed by atoms with van der Waals surface area (Å²) in [6.45, 7) is 2.09. The summed E-state index contributed by atoms with van der Waals surface area (Å²) in [6, 6.07) is 0.984. The molecule has 32 heavy (non-hydrogen) atoms. The Bertz CT molecular complexity index is 1270. The highest BCUT2D eigenvalue weighted by Crippen LogP contribution is 2.29. The number of amides is 1. The van der Waals surface area contributed by atoms with E-state index >= 15 is 0 Å². The lowest BCUT2D eigenvalue weighted by Gasteiger charge is -2.42. The van der Waals surface area contributed by atoms with Crippen LogP contribution in [-0.2, 0) is 9.53 Å². The van der Waals surface area contributed by atoms with Gasteiger partial charge in [0.05, 0.1) is 17.9 Å². The van der Waals surface area contributed by atoms with Crippen molar-refractivity contribution in [2.75, 3.05) is 37.9 Å². The minimum atomic E-state index is -1.44. The van der Waals surface area contributed by atoms with E-state index in [4.69, 9.17) is 4.74 Å². The number of fused-ring (bicyclic) bond motifs is 1. The average Bonchev–Trinajstić information content (AvgIpc) is 3.29. The van der Waals surface area contributed by atoms with Crippen LogP contribution in [0, 0.1) is 11.7 Å². The third-order valence-corrected chi connectivity index (χ3v) is 6.17. The van der Waals surface area contributed by atoms with Gasteiger partial charge in [-0.15, -0.1) is 0 Å². The maximum atomic E-state index is 14.9. The first-order valence-electron chi connectivity index (χ1n) is 9.81. The lowest BCUT2D eigenvalue weighted by atomic mass is 9.98. The van der Waals surface area contributed by atoms with Crippen LogP contribution >= 0.6 is 11.5 Å². The van der Waals surface area contributed by atoms with Gasteiger partial charge in [0.15, 0.2) is 17.3 Å². The topological polar surface area (TPSA) is 131 Å². The number of aromatic nitrogens is 4. The molecule has 0 spiro atoms. The molecule has 0 saturated carbocycles. The fourth-order valence-electron chi connectivity index (χ4n) is 3.84. The van der Waals surface area contributed by atoms with Gasteiger partial charge in [-0.2, -0.15) is 4.37 Å². The van der Waals surface area contributed by atoms with Crippen molar-refractivity contribution < 1.29 is 23.8 Å². The summed E-state index contributed by atoms with van der Waals surface area (Å²) in [5.41, 5.74) is -1.31. The van der Waals surface area contributed by atoms with E-state index in [0.717, 1.165) is 30.2 Å². The lowest BCUT2D eigenvalue weighted by molar-refractivity contribution is -0.145. The van der Waals surface area contributed by atoms with Crippen LogP contribution < -0.4 is 10.3 Å². The number of hydrogen-bond acceptors (Lipinski definition) is 9. The lowest BCUT2D eigenvalue weighted by Crippen LogP contribution is -2.56. The van der Waals surface area contributed by atoms with Gasteiger partial charge in [0.2, 0.25) is 16.5 Å². The van der Waals surface area contributed by atoms with E-state index in [0.29, 0.717) is 13.2 Å². The fourth-order valence-corrected chi connectivity index (χ4v) is 4.35. The molecule has 11 nitrogen and oxygen atoms in total. The normalized spacial score (nSPS) is 16.9. The maximum Gasteiger partial charge on any atom is 0.341 e.